The first kappa shape index (κ1) is 16.5. The van der Waals surface area contributed by atoms with E-state index in [-0.39, 0.29) is 10.6 Å². The van der Waals surface area contributed by atoms with E-state index in [4.69, 9.17) is 0 Å². The van der Waals surface area contributed by atoms with Crippen molar-refractivity contribution in [3.63, 3.8) is 0 Å². The summed E-state index contributed by atoms with van der Waals surface area (Å²) < 4.78 is 0. The first-order valence-electron chi connectivity index (χ1n) is 8.22. The number of nitro benzene ring substituents is 1. The summed E-state index contributed by atoms with van der Waals surface area (Å²) in [6, 6.07) is 11.3. The van der Waals surface area contributed by atoms with Gasteiger partial charge in [0.25, 0.3) is 5.69 Å². The molecule has 0 atom stereocenters. The largest absolute Gasteiger partial charge is 0.357 e. The highest BCUT2D eigenvalue weighted by Gasteiger charge is 2.22. The van der Waals surface area contributed by atoms with Crippen LogP contribution in [0.5, 0.6) is 0 Å². The van der Waals surface area contributed by atoms with Crippen LogP contribution in [0.25, 0.3) is 0 Å². The Morgan fingerprint density at radius 2 is 1.67 bits per heavy atom. The summed E-state index contributed by atoms with van der Waals surface area (Å²) in [5, 5.41) is 10.7. The number of benzene rings is 2. The van der Waals surface area contributed by atoms with Crippen LogP contribution < -0.4 is 4.90 Å². The van der Waals surface area contributed by atoms with Crippen LogP contribution in [0.1, 0.15) is 22.3 Å². The van der Waals surface area contributed by atoms with Crippen molar-refractivity contribution in [2.45, 2.75) is 27.3 Å². The van der Waals surface area contributed by atoms with Gasteiger partial charge < -0.3 is 4.90 Å². The molecule has 1 aliphatic rings. The quantitative estimate of drug-likeness (QED) is 0.634. The van der Waals surface area contributed by atoms with Gasteiger partial charge in [-0.05, 0) is 37.5 Å². The van der Waals surface area contributed by atoms with Crippen molar-refractivity contribution in [2.75, 3.05) is 24.7 Å². The summed E-state index contributed by atoms with van der Waals surface area (Å²) in [5.74, 6) is 0. The predicted octanol–water partition coefficient (Wildman–Crippen LogP) is 3.80. The maximum Gasteiger partial charge on any atom is 0.269 e. The Bertz CT molecular complexity index is 733. The SMILES string of the molecule is Cc1cc(C)c(N2CCN(Cc3ccc([N+](=O)[O-])cc3)C2)c(C)c1. The lowest BCUT2D eigenvalue weighted by atomic mass is 10.0. The number of nitrogens with zero attached hydrogens (tertiary/aromatic N) is 3. The summed E-state index contributed by atoms with van der Waals surface area (Å²) in [4.78, 5) is 15.2. The zero-order valence-corrected chi connectivity index (χ0v) is 14.5. The highest BCUT2D eigenvalue weighted by atomic mass is 16.6. The second kappa shape index (κ2) is 6.61. The minimum atomic E-state index is -0.357. The molecule has 24 heavy (non-hydrogen) atoms. The van der Waals surface area contributed by atoms with Crippen molar-refractivity contribution >= 4 is 11.4 Å². The number of anilines is 1. The fraction of sp³-hybridized carbons (Fsp3) is 0.368. The van der Waals surface area contributed by atoms with Crippen LogP contribution in [0, 0.1) is 30.9 Å². The molecule has 2 aromatic rings. The van der Waals surface area contributed by atoms with E-state index >= 15 is 0 Å². The second-order valence-corrected chi connectivity index (χ2v) is 6.63. The maximum absolute atomic E-state index is 10.7. The predicted molar refractivity (Wildman–Crippen MR) is 96.4 cm³/mol. The second-order valence-electron chi connectivity index (χ2n) is 6.63. The van der Waals surface area contributed by atoms with Crippen LogP contribution in [0.2, 0.25) is 0 Å². The molecule has 0 aliphatic carbocycles. The lowest BCUT2D eigenvalue weighted by Gasteiger charge is -2.24. The van der Waals surface area contributed by atoms with Gasteiger partial charge in [-0.1, -0.05) is 29.8 Å². The van der Waals surface area contributed by atoms with E-state index in [1.54, 1.807) is 12.1 Å². The van der Waals surface area contributed by atoms with Gasteiger partial charge in [0.05, 0.1) is 11.6 Å². The Kier molecular flexibility index (Phi) is 4.53. The molecule has 126 valence electrons. The van der Waals surface area contributed by atoms with Gasteiger partial charge >= 0.3 is 0 Å². The minimum absolute atomic E-state index is 0.146. The van der Waals surface area contributed by atoms with Crippen LogP contribution in [-0.2, 0) is 6.54 Å². The molecule has 0 unspecified atom stereocenters. The summed E-state index contributed by atoms with van der Waals surface area (Å²) in [6.45, 7) is 10.2. The van der Waals surface area contributed by atoms with E-state index in [0.29, 0.717) is 0 Å². The lowest BCUT2D eigenvalue weighted by molar-refractivity contribution is -0.384. The molecule has 2 aromatic carbocycles. The van der Waals surface area contributed by atoms with Crippen LogP contribution in [0.4, 0.5) is 11.4 Å². The first-order chi connectivity index (χ1) is 11.4. The Labute approximate surface area is 142 Å². The molecule has 0 radical (unpaired) electrons. The van der Waals surface area contributed by atoms with Gasteiger partial charge in [0.15, 0.2) is 0 Å². The molecule has 1 heterocycles. The molecule has 1 fully saturated rings. The summed E-state index contributed by atoms with van der Waals surface area (Å²) in [7, 11) is 0. The Hall–Kier alpha value is -2.40. The molecule has 0 N–H and O–H groups in total. The van der Waals surface area contributed by atoms with Crippen molar-refractivity contribution in [2.24, 2.45) is 0 Å². The Balaban J connectivity index is 1.68. The van der Waals surface area contributed by atoms with Gasteiger partial charge in [-0.15, -0.1) is 0 Å². The van der Waals surface area contributed by atoms with Crippen molar-refractivity contribution in [1.82, 2.24) is 4.90 Å². The molecule has 0 bridgehead atoms. The third-order valence-electron chi connectivity index (χ3n) is 4.56. The van der Waals surface area contributed by atoms with Gasteiger partial charge in [0.2, 0.25) is 0 Å². The third-order valence-corrected chi connectivity index (χ3v) is 4.56. The summed E-state index contributed by atoms with van der Waals surface area (Å²) in [5.41, 5.74) is 6.55. The standard InChI is InChI=1S/C19H23N3O2/c1-14-10-15(2)19(16(3)11-14)21-9-8-20(13-21)12-17-4-6-18(7-5-17)22(23)24/h4-7,10-11H,8-9,12-13H2,1-3H3. The molecule has 1 saturated heterocycles. The number of nitro groups is 1. The molecule has 0 aromatic heterocycles. The number of aryl methyl sites for hydroxylation is 3. The molecule has 0 amide bonds. The average Bonchev–Trinajstić information content (AvgIpc) is 2.95. The van der Waals surface area contributed by atoms with Crippen LogP contribution >= 0.6 is 0 Å². The molecule has 5 heteroatoms. The van der Waals surface area contributed by atoms with Crippen LogP contribution in [0.15, 0.2) is 36.4 Å². The van der Waals surface area contributed by atoms with Gasteiger partial charge in [-0.2, -0.15) is 0 Å². The highest BCUT2D eigenvalue weighted by Crippen LogP contribution is 2.28. The highest BCUT2D eigenvalue weighted by molar-refractivity contribution is 5.60. The number of non-ortho nitro benzene ring substituents is 1. The molecule has 3 rings (SSSR count). The Morgan fingerprint density at radius 3 is 2.25 bits per heavy atom. The third kappa shape index (κ3) is 3.41. The molecular formula is C19H23N3O2. The smallest absolute Gasteiger partial charge is 0.269 e. The van der Waals surface area contributed by atoms with Crippen molar-refractivity contribution in [3.8, 4) is 0 Å². The van der Waals surface area contributed by atoms with Gasteiger partial charge in [0.1, 0.15) is 0 Å². The monoisotopic (exact) mass is 325 g/mol. The number of rotatable bonds is 4. The number of hydrogen-bond donors (Lipinski definition) is 0. The zero-order chi connectivity index (χ0) is 17.3. The van der Waals surface area contributed by atoms with E-state index < -0.39 is 0 Å². The number of hydrogen-bond acceptors (Lipinski definition) is 4. The van der Waals surface area contributed by atoms with Crippen molar-refractivity contribution in [3.05, 3.63) is 68.8 Å². The zero-order valence-electron chi connectivity index (χ0n) is 14.5. The first-order valence-corrected chi connectivity index (χ1v) is 8.22. The fourth-order valence-electron chi connectivity index (χ4n) is 3.61. The van der Waals surface area contributed by atoms with Crippen LogP contribution in [0.3, 0.4) is 0 Å². The van der Waals surface area contributed by atoms with Crippen LogP contribution in [-0.4, -0.2) is 29.6 Å². The lowest BCUT2D eigenvalue weighted by Crippen LogP contribution is -2.26. The van der Waals surface area contributed by atoms with E-state index in [9.17, 15) is 10.1 Å². The van der Waals surface area contributed by atoms with E-state index in [0.717, 1.165) is 31.9 Å². The molecular weight excluding hydrogens is 302 g/mol. The van der Waals surface area contributed by atoms with Crippen molar-refractivity contribution in [1.29, 1.82) is 0 Å². The van der Waals surface area contributed by atoms with Crippen molar-refractivity contribution < 1.29 is 4.92 Å². The molecule has 0 spiro atoms. The van der Waals surface area contributed by atoms with Gasteiger partial charge in [-0.3, -0.25) is 15.0 Å². The molecule has 1 aliphatic heterocycles. The van der Waals surface area contributed by atoms with E-state index in [1.807, 2.05) is 12.1 Å². The topological polar surface area (TPSA) is 49.6 Å². The average molecular weight is 325 g/mol. The van der Waals surface area contributed by atoms with E-state index in [1.165, 1.54) is 22.4 Å². The molecule has 0 saturated carbocycles. The summed E-state index contributed by atoms with van der Waals surface area (Å²) in [6.07, 6.45) is 0. The normalized spacial score (nSPS) is 15.0. The minimum Gasteiger partial charge on any atom is -0.357 e. The summed E-state index contributed by atoms with van der Waals surface area (Å²) >= 11 is 0. The fourth-order valence-corrected chi connectivity index (χ4v) is 3.61. The molecule has 5 nitrogen and oxygen atoms in total. The maximum atomic E-state index is 10.7. The van der Waals surface area contributed by atoms with Gasteiger partial charge in [0, 0.05) is 37.5 Å². The van der Waals surface area contributed by atoms with E-state index in [2.05, 4.69) is 42.7 Å². The Morgan fingerprint density at radius 1 is 1.04 bits per heavy atom. The van der Waals surface area contributed by atoms with Gasteiger partial charge in [-0.25, -0.2) is 0 Å².